The fraction of sp³-hybridized carbons (Fsp3) is 0.421. The van der Waals surface area contributed by atoms with Crippen LogP contribution in [-0.4, -0.2) is 44.1 Å². The average Bonchev–Trinajstić information content (AvgIpc) is 3.26. The van der Waals surface area contributed by atoms with E-state index in [0.717, 1.165) is 37.4 Å². The Hall–Kier alpha value is -2.03. The van der Waals surface area contributed by atoms with Gasteiger partial charge in [-0.3, -0.25) is 0 Å². The number of ether oxygens (including phenoxy) is 2. The molecule has 27 heavy (non-hydrogen) atoms. The van der Waals surface area contributed by atoms with E-state index in [9.17, 15) is 4.39 Å². The maximum absolute atomic E-state index is 13.9. The summed E-state index contributed by atoms with van der Waals surface area (Å²) in [6.07, 6.45) is 3.39. The van der Waals surface area contributed by atoms with E-state index in [2.05, 4.69) is 20.9 Å². The van der Waals surface area contributed by atoms with E-state index in [4.69, 9.17) is 9.47 Å². The Kier molecular flexibility index (Phi) is 4.55. The van der Waals surface area contributed by atoms with Gasteiger partial charge in [-0.1, -0.05) is 11.8 Å². The molecule has 0 amide bonds. The third-order valence-electron chi connectivity index (χ3n) is 5.10. The molecule has 0 aromatic heterocycles. The molecule has 1 atom stereocenters. The van der Waals surface area contributed by atoms with Crippen molar-refractivity contribution in [2.24, 2.45) is 4.99 Å². The molecule has 0 saturated carbocycles. The number of anilines is 1. The molecule has 0 spiro atoms. The summed E-state index contributed by atoms with van der Waals surface area (Å²) in [5.74, 6) is 1.00. The zero-order valence-corrected chi connectivity index (χ0v) is 15.6. The maximum Gasteiger partial charge on any atom is 0.146 e. The van der Waals surface area contributed by atoms with E-state index in [1.54, 1.807) is 12.4 Å². The zero-order valence-electron chi connectivity index (χ0n) is 14.8. The Balaban J connectivity index is 1.45. The normalized spacial score (nSPS) is 24.7. The molecule has 4 aliphatic heterocycles. The number of halogens is 1. The average molecular weight is 388 g/mol. The molecule has 1 fully saturated rings. The number of nitrogens with zero attached hydrogens (tertiary/aromatic N) is 1. The van der Waals surface area contributed by atoms with E-state index in [0.29, 0.717) is 19.0 Å². The molecule has 0 radical (unpaired) electrons. The fourth-order valence-corrected chi connectivity index (χ4v) is 5.04. The summed E-state index contributed by atoms with van der Waals surface area (Å²) in [7, 11) is 0. The van der Waals surface area contributed by atoms with Crippen LogP contribution in [0.25, 0.3) is 0 Å². The minimum absolute atomic E-state index is 0.0402. The number of fused-ring (bicyclic) bond motifs is 2. The number of hydrogen-bond acceptors (Lipinski definition) is 7. The first-order valence-electron chi connectivity index (χ1n) is 9.21. The van der Waals surface area contributed by atoms with Crippen molar-refractivity contribution in [3.63, 3.8) is 0 Å². The van der Waals surface area contributed by atoms with Crippen molar-refractivity contribution in [2.45, 2.75) is 24.3 Å². The van der Waals surface area contributed by atoms with Crippen molar-refractivity contribution in [1.82, 2.24) is 10.6 Å². The Morgan fingerprint density at radius 2 is 2.15 bits per heavy atom. The molecular formula is C19H21FN4O2S. The second-order valence-electron chi connectivity index (χ2n) is 6.89. The molecule has 1 aromatic carbocycles. The minimum Gasteiger partial charge on any atom is -0.488 e. The molecule has 0 aliphatic carbocycles. The van der Waals surface area contributed by atoms with Crippen molar-refractivity contribution in [1.29, 1.82) is 0 Å². The van der Waals surface area contributed by atoms with Crippen LogP contribution in [0.3, 0.4) is 0 Å². The molecular weight excluding hydrogens is 367 g/mol. The monoisotopic (exact) mass is 388 g/mol. The minimum atomic E-state index is -0.312. The Bertz CT molecular complexity index is 848. The predicted molar refractivity (Wildman–Crippen MR) is 104 cm³/mol. The Labute approximate surface area is 161 Å². The third kappa shape index (κ3) is 3.33. The smallest absolute Gasteiger partial charge is 0.146 e. The maximum atomic E-state index is 13.9. The summed E-state index contributed by atoms with van der Waals surface area (Å²) in [4.78, 5) is 5.89. The molecule has 6 nitrogen and oxygen atoms in total. The summed E-state index contributed by atoms with van der Waals surface area (Å²) in [5.41, 5.74) is 3.21. The number of aliphatic imine (C=N–C) groups is 1. The summed E-state index contributed by atoms with van der Waals surface area (Å²) in [5, 5.41) is 10.3. The SMILES string of the molecule is Fc1ccc(NC2=C3C4=C(CNC4)SC3NC=N2)c(OC2CCOCC2)c1. The van der Waals surface area contributed by atoms with Crippen LogP contribution < -0.4 is 20.7 Å². The molecule has 4 aliphatic rings. The van der Waals surface area contributed by atoms with Gasteiger partial charge in [0.1, 0.15) is 28.9 Å². The second kappa shape index (κ2) is 7.18. The molecule has 3 N–H and O–H groups in total. The second-order valence-corrected chi connectivity index (χ2v) is 8.09. The molecule has 1 aromatic rings. The van der Waals surface area contributed by atoms with Gasteiger partial charge in [-0.05, 0) is 17.7 Å². The topological polar surface area (TPSA) is 66.9 Å². The van der Waals surface area contributed by atoms with Gasteiger partial charge in [-0.15, -0.1) is 0 Å². The number of rotatable bonds is 4. The van der Waals surface area contributed by atoms with Crippen LogP contribution in [0.5, 0.6) is 5.75 Å². The Morgan fingerprint density at radius 1 is 1.26 bits per heavy atom. The lowest BCUT2D eigenvalue weighted by Gasteiger charge is -2.26. The highest BCUT2D eigenvalue weighted by Crippen LogP contribution is 2.45. The number of hydrogen-bond donors (Lipinski definition) is 3. The lowest BCUT2D eigenvalue weighted by molar-refractivity contribution is 0.0257. The first kappa shape index (κ1) is 17.1. The van der Waals surface area contributed by atoms with E-state index < -0.39 is 0 Å². The molecule has 0 bridgehead atoms. The highest BCUT2D eigenvalue weighted by molar-refractivity contribution is 8.04. The highest BCUT2D eigenvalue weighted by atomic mass is 32.2. The predicted octanol–water partition coefficient (Wildman–Crippen LogP) is 2.57. The number of nitrogens with one attached hydrogen (secondary N) is 3. The summed E-state index contributed by atoms with van der Waals surface area (Å²) in [6, 6.07) is 4.60. The third-order valence-corrected chi connectivity index (χ3v) is 6.39. The van der Waals surface area contributed by atoms with Crippen molar-refractivity contribution in [3.05, 3.63) is 45.9 Å². The van der Waals surface area contributed by atoms with Gasteiger partial charge in [-0.25, -0.2) is 9.38 Å². The fourth-order valence-electron chi connectivity index (χ4n) is 3.74. The van der Waals surface area contributed by atoms with E-state index >= 15 is 0 Å². The van der Waals surface area contributed by atoms with Crippen LogP contribution in [0.4, 0.5) is 10.1 Å². The molecule has 1 unspecified atom stereocenters. The van der Waals surface area contributed by atoms with Gasteiger partial charge < -0.3 is 25.4 Å². The van der Waals surface area contributed by atoms with Gasteiger partial charge in [0, 0.05) is 42.5 Å². The van der Waals surface area contributed by atoms with Crippen LogP contribution >= 0.6 is 11.8 Å². The van der Waals surface area contributed by atoms with Gasteiger partial charge in [0.05, 0.1) is 25.2 Å². The lowest BCUT2D eigenvalue weighted by Crippen LogP contribution is -2.32. The van der Waals surface area contributed by atoms with Gasteiger partial charge in [-0.2, -0.15) is 0 Å². The summed E-state index contributed by atoms with van der Waals surface area (Å²) < 4.78 is 25.4. The van der Waals surface area contributed by atoms with Crippen LogP contribution in [0.15, 0.2) is 45.1 Å². The van der Waals surface area contributed by atoms with Crippen LogP contribution in [0, 0.1) is 5.82 Å². The standard InChI is InChI=1S/C19H21FN4O2S/c20-11-1-2-14(15(7-11)26-12-3-5-25-6-4-12)24-18-17-13-8-21-9-16(13)27-19(17)23-10-22-18/h1-2,7,10,12,19,21,24H,3-6,8-9H2,(H,22,23). The quantitative estimate of drug-likeness (QED) is 0.737. The first-order valence-corrected chi connectivity index (χ1v) is 10.1. The van der Waals surface area contributed by atoms with Crippen molar-refractivity contribution < 1.29 is 13.9 Å². The summed E-state index contributed by atoms with van der Waals surface area (Å²) >= 11 is 1.83. The number of benzene rings is 1. The molecule has 1 saturated heterocycles. The highest BCUT2D eigenvalue weighted by Gasteiger charge is 2.36. The largest absolute Gasteiger partial charge is 0.488 e. The van der Waals surface area contributed by atoms with Crippen molar-refractivity contribution in [3.8, 4) is 5.75 Å². The first-order chi connectivity index (χ1) is 13.3. The molecule has 4 heterocycles. The number of thioether (sulfide) groups is 1. The molecule has 5 rings (SSSR count). The van der Waals surface area contributed by atoms with Gasteiger partial charge in [0.25, 0.3) is 0 Å². The van der Waals surface area contributed by atoms with E-state index in [-0.39, 0.29) is 17.3 Å². The van der Waals surface area contributed by atoms with Crippen LogP contribution in [-0.2, 0) is 4.74 Å². The zero-order chi connectivity index (χ0) is 18.2. The molecule has 8 heteroatoms. The van der Waals surface area contributed by atoms with E-state index in [1.165, 1.54) is 28.2 Å². The van der Waals surface area contributed by atoms with Gasteiger partial charge in [0.2, 0.25) is 0 Å². The van der Waals surface area contributed by atoms with Crippen LogP contribution in [0.2, 0.25) is 0 Å². The Morgan fingerprint density at radius 3 is 3.04 bits per heavy atom. The van der Waals surface area contributed by atoms with E-state index in [1.807, 2.05) is 11.8 Å². The van der Waals surface area contributed by atoms with Crippen molar-refractivity contribution in [2.75, 3.05) is 31.6 Å². The summed E-state index contributed by atoms with van der Waals surface area (Å²) in [6.45, 7) is 3.11. The van der Waals surface area contributed by atoms with Gasteiger partial charge >= 0.3 is 0 Å². The lowest BCUT2D eigenvalue weighted by atomic mass is 10.1. The van der Waals surface area contributed by atoms with Crippen molar-refractivity contribution >= 4 is 23.8 Å². The van der Waals surface area contributed by atoms with Gasteiger partial charge in [0.15, 0.2) is 0 Å². The van der Waals surface area contributed by atoms with Crippen LogP contribution in [0.1, 0.15) is 12.8 Å². The molecule has 142 valence electrons.